The highest BCUT2D eigenvalue weighted by Gasteiger charge is 2.45. The smallest absolute Gasteiger partial charge is 0.203 e. The van der Waals surface area contributed by atoms with Gasteiger partial charge in [0, 0.05) is 23.0 Å². The molecule has 1 N–H and O–H groups in total. The first-order valence-corrected chi connectivity index (χ1v) is 16.8. The summed E-state index contributed by atoms with van der Waals surface area (Å²) in [5.74, 6) is 4.42. The molecule has 0 saturated heterocycles. The number of hydrogen-bond donors (Lipinski definition) is 1. The predicted molar refractivity (Wildman–Crippen MR) is 193 cm³/mol. The molecular formula is C41H46O10. The number of ketones is 2. The van der Waals surface area contributed by atoms with Crippen LogP contribution in [-0.2, 0) is 0 Å². The zero-order valence-corrected chi connectivity index (χ0v) is 30.4. The topological polar surface area (TPSA) is 119 Å². The van der Waals surface area contributed by atoms with Crippen molar-refractivity contribution in [2.75, 3.05) is 49.3 Å². The standard InChI is InChI=1S/C21H24O5.C20H22O5/c1-5-26-15-8-6-13(7-9-15)16-12-17(16)20(22)14-10-18(23-2)21(25-4)19(11-14)24-3;1-11-5-6-12(7-16(11)21)14-10-15(14)19(22)13-8-17(23-2)20(25-4)18(9-13)24-3/h6-11,16-17H,5,12H2,1-4H3;5-9,14-15,21H,10H2,1-4H3. The second kappa shape index (κ2) is 16.1. The Bertz CT molecular complexity index is 1820. The number of phenols is 1. The van der Waals surface area contributed by atoms with Gasteiger partial charge in [0.1, 0.15) is 11.5 Å². The van der Waals surface area contributed by atoms with Gasteiger partial charge in [0.05, 0.1) is 49.3 Å². The fourth-order valence-electron chi connectivity index (χ4n) is 6.42. The van der Waals surface area contributed by atoms with E-state index in [1.807, 2.05) is 50.2 Å². The summed E-state index contributed by atoms with van der Waals surface area (Å²) in [6.07, 6.45) is 1.63. The van der Waals surface area contributed by atoms with E-state index in [1.54, 1.807) is 51.7 Å². The van der Waals surface area contributed by atoms with Crippen molar-refractivity contribution in [2.45, 2.75) is 38.5 Å². The van der Waals surface area contributed by atoms with Crippen molar-refractivity contribution in [2.24, 2.45) is 11.8 Å². The molecular weight excluding hydrogens is 652 g/mol. The third kappa shape index (κ3) is 8.01. The largest absolute Gasteiger partial charge is 0.508 e. The lowest BCUT2D eigenvalue weighted by atomic mass is 10.0. The lowest BCUT2D eigenvalue weighted by molar-refractivity contribution is 0.0956. The number of carbonyl (C=O) groups excluding carboxylic acids is 2. The first kappa shape index (κ1) is 36.9. The van der Waals surface area contributed by atoms with Gasteiger partial charge in [-0.05, 0) is 97.7 Å². The van der Waals surface area contributed by atoms with Crippen molar-refractivity contribution in [1.82, 2.24) is 0 Å². The molecule has 0 aliphatic heterocycles. The summed E-state index contributed by atoms with van der Waals surface area (Å²) < 4.78 is 37.4. The lowest BCUT2D eigenvalue weighted by Gasteiger charge is -2.13. The van der Waals surface area contributed by atoms with Gasteiger partial charge < -0.3 is 38.3 Å². The van der Waals surface area contributed by atoms with Crippen LogP contribution >= 0.6 is 0 Å². The molecule has 2 aliphatic carbocycles. The zero-order chi connectivity index (χ0) is 36.8. The number of ether oxygens (including phenoxy) is 7. The van der Waals surface area contributed by atoms with Crippen LogP contribution in [0.5, 0.6) is 46.0 Å². The van der Waals surface area contributed by atoms with E-state index in [4.69, 9.17) is 33.2 Å². The van der Waals surface area contributed by atoms with Gasteiger partial charge in [0.15, 0.2) is 34.6 Å². The zero-order valence-electron chi connectivity index (χ0n) is 30.4. The van der Waals surface area contributed by atoms with E-state index in [2.05, 4.69) is 0 Å². The summed E-state index contributed by atoms with van der Waals surface area (Å²) in [4.78, 5) is 25.8. The molecule has 0 spiro atoms. The molecule has 4 aromatic carbocycles. The van der Waals surface area contributed by atoms with E-state index in [1.165, 1.54) is 26.9 Å². The third-order valence-corrected chi connectivity index (χ3v) is 9.43. The first-order valence-electron chi connectivity index (χ1n) is 16.8. The third-order valence-electron chi connectivity index (χ3n) is 9.43. The van der Waals surface area contributed by atoms with E-state index >= 15 is 0 Å². The summed E-state index contributed by atoms with van der Waals surface area (Å²) >= 11 is 0. The van der Waals surface area contributed by atoms with Crippen LogP contribution in [0.4, 0.5) is 0 Å². The summed E-state index contributed by atoms with van der Waals surface area (Å²) in [5.41, 5.74) is 4.11. The van der Waals surface area contributed by atoms with Crippen molar-refractivity contribution in [3.05, 3.63) is 94.5 Å². The first-order chi connectivity index (χ1) is 24.6. The molecule has 2 aliphatic rings. The van der Waals surface area contributed by atoms with Crippen LogP contribution in [-0.4, -0.2) is 65.9 Å². The van der Waals surface area contributed by atoms with Crippen molar-refractivity contribution >= 4 is 11.6 Å². The second-order valence-corrected chi connectivity index (χ2v) is 12.5. The summed E-state index contributed by atoms with van der Waals surface area (Å²) in [6.45, 7) is 4.45. The highest BCUT2D eigenvalue weighted by Crippen LogP contribution is 2.52. The van der Waals surface area contributed by atoms with E-state index < -0.39 is 0 Å². The van der Waals surface area contributed by atoms with E-state index in [0.29, 0.717) is 52.2 Å². The number of rotatable bonds is 14. The Morgan fingerprint density at radius 2 is 1.02 bits per heavy atom. The Balaban J connectivity index is 0.000000198. The maximum atomic E-state index is 12.9. The van der Waals surface area contributed by atoms with E-state index in [-0.39, 0.29) is 41.0 Å². The number of phenolic OH excluding ortho intramolecular Hbond substituents is 1. The lowest BCUT2D eigenvalue weighted by Crippen LogP contribution is -2.05. The molecule has 4 unspecified atom stereocenters. The highest BCUT2D eigenvalue weighted by atomic mass is 16.5. The summed E-state index contributed by atoms with van der Waals surface area (Å²) in [7, 11) is 9.23. The maximum absolute atomic E-state index is 12.9. The number of aryl methyl sites for hydroxylation is 1. The monoisotopic (exact) mass is 698 g/mol. The Labute approximate surface area is 299 Å². The molecule has 10 nitrogen and oxygen atoms in total. The minimum atomic E-state index is -0.0927. The van der Waals surface area contributed by atoms with Crippen LogP contribution in [0.3, 0.4) is 0 Å². The summed E-state index contributed by atoms with van der Waals surface area (Å²) in [5, 5.41) is 9.88. The van der Waals surface area contributed by atoms with Gasteiger partial charge in [-0.1, -0.05) is 24.3 Å². The normalized spacial score (nSPS) is 18.4. The van der Waals surface area contributed by atoms with Crippen LogP contribution in [0.25, 0.3) is 0 Å². The van der Waals surface area contributed by atoms with Crippen LogP contribution < -0.4 is 33.2 Å². The van der Waals surface area contributed by atoms with Crippen molar-refractivity contribution < 1.29 is 47.9 Å². The molecule has 0 radical (unpaired) electrons. The summed E-state index contributed by atoms with van der Waals surface area (Å²) in [6, 6.07) is 20.4. The number of methoxy groups -OCH3 is 6. The number of aromatic hydroxyl groups is 1. The predicted octanol–water partition coefficient (Wildman–Crippen LogP) is 7.81. The molecule has 0 bridgehead atoms. The van der Waals surface area contributed by atoms with Crippen LogP contribution in [0.2, 0.25) is 0 Å². The molecule has 10 heteroatoms. The maximum Gasteiger partial charge on any atom is 0.203 e. The molecule has 6 rings (SSSR count). The highest BCUT2D eigenvalue weighted by molar-refractivity contribution is 6.02. The molecule has 270 valence electrons. The van der Waals surface area contributed by atoms with E-state index in [9.17, 15) is 14.7 Å². The Morgan fingerprint density at radius 1 is 0.608 bits per heavy atom. The van der Waals surface area contributed by atoms with Gasteiger partial charge in [-0.3, -0.25) is 9.59 Å². The Morgan fingerprint density at radius 3 is 1.39 bits per heavy atom. The number of hydrogen-bond acceptors (Lipinski definition) is 10. The minimum Gasteiger partial charge on any atom is -0.508 e. The number of carbonyl (C=O) groups is 2. The van der Waals surface area contributed by atoms with Gasteiger partial charge in [-0.15, -0.1) is 0 Å². The molecule has 2 fully saturated rings. The SMILES string of the molecule is CCOc1ccc(C2CC2C(=O)c2cc(OC)c(OC)c(OC)c2)cc1.COc1cc(C(=O)C2CC2c2ccc(C)c(O)c2)cc(OC)c1OC. The number of Topliss-reactive ketones (excluding diaryl/α,β-unsaturated/α-hetero) is 2. The fourth-order valence-corrected chi connectivity index (χ4v) is 6.42. The van der Waals surface area contributed by atoms with Gasteiger partial charge in [0.2, 0.25) is 11.5 Å². The van der Waals surface area contributed by atoms with Gasteiger partial charge in [0.25, 0.3) is 0 Å². The fraction of sp³-hybridized carbons (Fsp3) is 0.366. The average Bonchev–Trinajstić information content (AvgIpc) is 4.10. The molecule has 0 heterocycles. The van der Waals surface area contributed by atoms with Gasteiger partial charge >= 0.3 is 0 Å². The van der Waals surface area contributed by atoms with Crippen LogP contribution in [0.1, 0.15) is 69.0 Å². The molecule has 51 heavy (non-hydrogen) atoms. The Hall–Kier alpha value is -5.38. The van der Waals surface area contributed by atoms with Crippen molar-refractivity contribution in [3.8, 4) is 46.0 Å². The second-order valence-electron chi connectivity index (χ2n) is 12.5. The van der Waals surface area contributed by atoms with Crippen molar-refractivity contribution in [3.63, 3.8) is 0 Å². The molecule has 0 aromatic heterocycles. The minimum absolute atomic E-state index is 0.0178. The Kier molecular flexibility index (Phi) is 11.6. The van der Waals surface area contributed by atoms with E-state index in [0.717, 1.165) is 29.7 Å². The molecule has 2 saturated carbocycles. The average molecular weight is 699 g/mol. The van der Waals surface area contributed by atoms with Crippen LogP contribution in [0, 0.1) is 18.8 Å². The molecule has 0 amide bonds. The number of benzene rings is 4. The van der Waals surface area contributed by atoms with Crippen molar-refractivity contribution in [1.29, 1.82) is 0 Å². The molecule has 4 atom stereocenters. The quantitative estimate of drug-likeness (QED) is 0.131. The molecule has 4 aromatic rings. The van der Waals surface area contributed by atoms with Crippen LogP contribution in [0.15, 0.2) is 66.7 Å². The van der Waals surface area contributed by atoms with Gasteiger partial charge in [-0.2, -0.15) is 0 Å². The van der Waals surface area contributed by atoms with Gasteiger partial charge in [-0.25, -0.2) is 0 Å².